The second-order valence-corrected chi connectivity index (χ2v) is 7.67. The molecule has 1 aliphatic rings. The molecule has 0 unspecified atom stereocenters. The zero-order valence-electron chi connectivity index (χ0n) is 15.9. The van der Waals surface area contributed by atoms with Gasteiger partial charge in [-0.05, 0) is 54.7 Å². The first-order chi connectivity index (χ1) is 14.0. The molecular formula is C23H22F2N2O2. The van der Waals surface area contributed by atoms with Crippen LogP contribution in [-0.2, 0) is 6.42 Å². The summed E-state index contributed by atoms with van der Waals surface area (Å²) in [5.41, 5.74) is 1.38. The van der Waals surface area contributed by atoms with Gasteiger partial charge in [-0.15, -0.1) is 0 Å². The average molecular weight is 396 g/mol. The highest BCUT2D eigenvalue weighted by atomic mass is 19.1. The Labute approximate surface area is 166 Å². The maximum Gasteiger partial charge on any atom is 0.325 e. The lowest BCUT2D eigenvalue weighted by Gasteiger charge is -2.29. The number of benzene rings is 2. The number of hydrogen-bond acceptors (Lipinski definition) is 2. The van der Waals surface area contributed by atoms with Crippen LogP contribution in [0.25, 0.3) is 0 Å². The summed E-state index contributed by atoms with van der Waals surface area (Å²) in [4.78, 5) is 29.4. The smallest absolute Gasteiger partial charge is 0.311 e. The van der Waals surface area contributed by atoms with E-state index in [1.54, 1.807) is 0 Å². The number of halogens is 2. The first-order valence-corrected chi connectivity index (χ1v) is 9.85. The average Bonchev–Trinajstić information content (AvgIpc) is 2.72. The molecule has 3 aromatic rings. The van der Waals surface area contributed by atoms with Gasteiger partial charge in [0.05, 0.1) is 0 Å². The van der Waals surface area contributed by atoms with Gasteiger partial charge in [0.1, 0.15) is 11.6 Å². The van der Waals surface area contributed by atoms with E-state index < -0.39 is 22.9 Å². The molecule has 0 atom stereocenters. The van der Waals surface area contributed by atoms with Gasteiger partial charge in [-0.25, -0.2) is 13.6 Å². The van der Waals surface area contributed by atoms with Crippen molar-refractivity contribution in [2.75, 3.05) is 0 Å². The molecule has 6 heteroatoms. The molecule has 4 rings (SSSR count). The number of nitrogens with one attached hydrogen (secondary N) is 2. The summed E-state index contributed by atoms with van der Waals surface area (Å²) in [5.74, 6) is -0.877. The van der Waals surface area contributed by atoms with E-state index in [0.29, 0.717) is 17.2 Å². The van der Waals surface area contributed by atoms with Crippen LogP contribution in [0.1, 0.15) is 59.9 Å². The summed E-state index contributed by atoms with van der Waals surface area (Å²) in [7, 11) is 0. The van der Waals surface area contributed by atoms with E-state index >= 15 is 0 Å². The van der Waals surface area contributed by atoms with Crippen LogP contribution in [0, 0.1) is 11.6 Å². The van der Waals surface area contributed by atoms with Crippen molar-refractivity contribution in [3.63, 3.8) is 0 Å². The van der Waals surface area contributed by atoms with E-state index in [0.717, 1.165) is 31.7 Å². The van der Waals surface area contributed by atoms with E-state index in [4.69, 9.17) is 0 Å². The lowest BCUT2D eigenvalue weighted by molar-refractivity contribution is 0.388. The highest BCUT2D eigenvalue weighted by Crippen LogP contribution is 2.40. The lowest BCUT2D eigenvalue weighted by Crippen LogP contribution is -2.30. The van der Waals surface area contributed by atoms with Crippen LogP contribution >= 0.6 is 0 Å². The predicted molar refractivity (Wildman–Crippen MR) is 107 cm³/mol. The van der Waals surface area contributed by atoms with Crippen LogP contribution < -0.4 is 11.2 Å². The third-order valence-electron chi connectivity index (χ3n) is 5.86. The van der Waals surface area contributed by atoms with Crippen molar-refractivity contribution < 1.29 is 8.78 Å². The first kappa shape index (κ1) is 19.3. The number of H-pyrrole nitrogens is 2. The summed E-state index contributed by atoms with van der Waals surface area (Å²) < 4.78 is 27.3. The third-order valence-corrected chi connectivity index (χ3v) is 5.86. The van der Waals surface area contributed by atoms with Gasteiger partial charge in [0.2, 0.25) is 0 Å². The van der Waals surface area contributed by atoms with Gasteiger partial charge >= 0.3 is 5.69 Å². The molecule has 1 heterocycles. The Morgan fingerprint density at radius 1 is 0.862 bits per heavy atom. The third kappa shape index (κ3) is 4.21. The quantitative estimate of drug-likeness (QED) is 0.688. The Hall–Kier alpha value is -3.02. The fraction of sp³-hybridized carbons (Fsp3) is 0.304. The van der Waals surface area contributed by atoms with Crippen LogP contribution in [0.4, 0.5) is 8.78 Å². The monoisotopic (exact) mass is 396 g/mol. The largest absolute Gasteiger partial charge is 0.325 e. The Bertz CT molecular complexity index is 1110. The zero-order valence-corrected chi connectivity index (χ0v) is 15.9. The van der Waals surface area contributed by atoms with Crippen molar-refractivity contribution in [1.82, 2.24) is 9.97 Å². The number of hydrogen-bond donors (Lipinski definition) is 2. The van der Waals surface area contributed by atoms with Gasteiger partial charge in [-0.2, -0.15) is 0 Å². The molecule has 1 aromatic heterocycles. The molecule has 0 bridgehead atoms. The van der Waals surface area contributed by atoms with Gasteiger partial charge in [-0.3, -0.25) is 9.78 Å². The van der Waals surface area contributed by atoms with Crippen LogP contribution in [0.15, 0.2) is 58.1 Å². The van der Waals surface area contributed by atoms with Crippen molar-refractivity contribution in [2.45, 2.75) is 43.9 Å². The van der Waals surface area contributed by atoms with Crippen LogP contribution in [0.3, 0.4) is 0 Å². The van der Waals surface area contributed by atoms with E-state index in [-0.39, 0.29) is 17.9 Å². The maximum absolute atomic E-state index is 14.1. The van der Waals surface area contributed by atoms with Crippen molar-refractivity contribution >= 4 is 0 Å². The van der Waals surface area contributed by atoms with E-state index in [1.807, 2.05) is 18.2 Å². The van der Waals surface area contributed by atoms with Crippen molar-refractivity contribution in [2.24, 2.45) is 0 Å². The van der Waals surface area contributed by atoms with Gasteiger partial charge in [0, 0.05) is 23.7 Å². The molecule has 1 saturated carbocycles. The molecule has 29 heavy (non-hydrogen) atoms. The Morgan fingerprint density at radius 2 is 1.55 bits per heavy atom. The molecule has 2 N–H and O–H groups in total. The molecule has 1 aliphatic carbocycles. The molecule has 0 amide bonds. The molecule has 4 nitrogen and oxygen atoms in total. The summed E-state index contributed by atoms with van der Waals surface area (Å²) in [6.45, 7) is 0. The van der Waals surface area contributed by atoms with Crippen LogP contribution in [-0.4, -0.2) is 9.97 Å². The molecule has 0 aliphatic heterocycles. The summed E-state index contributed by atoms with van der Waals surface area (Å²) >= 11 is 0. The standard InChI is InChI=1S/C23H22F2N2O2/c24-18-11-10-17(20(25)13-18)12-19-21(26-23(29)27-22(19)28)16-8-6-15(7-9-16)14-4-2-1-3-5-14/h1-5,10-11,13,15-16H,6-9,12H2,(H2,26,27,28,29). The fourth-order valence-corrected chi connectivity index (χ4v) is 4.35. The predicted octanol–water partition coefficient (Wildman–Crippen LogP) is 4.37. The number of aromatic amines is 2. The Morgan fingerprint density at radius 3 is 2.24 bits per heavy atom. The summed E-state index contributed by atoms with van der Waals surface area (Å²) in [6.07, 6.45) is 3.57. The van der Waals surface area contributed by atoms with Crippen LogP contribution in [0.5, 0.6) is 0 Å². The zero-order chi connectivity index (χ0) is 20.4. The topological polar surface area (TPSA) is 65.7 Å². The Balaban J connectivity index is 1.61. The van der Waals surface area contributed by atoms with Crippen molar-refractivity contribution in [1.29, 1.82) is 0 Å². The summed E-state index contributed by atoms with van der Waals surface area (Å²) in [6, 6.07) is 13.6. The highest BCUT2D eigenvalue weighted by Gasteiger charge is 2.27. The molecule has 1 fully saturated rings. The Kier molecular flexibility index (Phi) is 5.43. The normalized spacial score (nSPS) is 19.2. The molecule has 0 spiro atoms. The van der Waals surface area contributed by atoms with E-state index in [2.05, 4.69) is 22.1 Å². The SMILES string of the molecule is O=c1[nH]c(C2CCC(c3ccccc3)CC2)c(Cc2ccc(F)cc2F)c(=O)[nH]1. The fourth-order valence-electron chi connectivity index (χ4n) is 4.35. The minimum Gasteiger partial charge on any atom is -0.311 e. The van der Waals surface area contributed by atoms with Gasteiger partial charge < -0.3 is 4.98 Å². The first-order valence-electron chi connectivity index (χ1n) is 9.85. The molecular weight excluding hydrogens is 374 g/mol. The maximum atomic E-state index is 14.1. The van der Waals surface area contributed by atoms with E-state index in [9.17, 15) is 18.4 Å². The second kappa shape index (κ2) is 8.15. The molecule has 0 saturated heterocycles. The molecule has 150 valence electrons. The van der Waals surface area contributed by atoms with Gasteiger partial charge in [0.15, 0.2) is 0 Å². The van der Waals surface area contributed by atoms with E-state index in [1.165, 1.54) is 17.7 Å². The van der Waals surface area contributed by atoms with Crippen LogP contribution in [0.2, 0.25) is 0 Å². The minimum atomic E-state index is -0.700. The highest BCUT2D eigenvalue weighted by molar-refractivity contribution is 5.31. The minimum absolute atomic E-state index is 0.00612. The second-order valence-electron chi connectivity index (χ2n) is 7.67. The number of aromatic nitrogens is 2. The van der Waals surface area contributed by atoms with Crippen molar-refractivity contribution in [3.05, 3.63) is 103 Å². The molecule has 0 radical (unpaired) electrons. The number of rotatable bonds is 4. The molecule has 2 aromatic carbocycles. The van der Waals surface area contributed by atoms with Gasteiger partial charge in [-0.1, -0.05) is 36.4 Å². The van der Waals surface area contributed by atoms with Crippen molar-refractivity contribution in [3.8, 4) is 0 Å². The van der Waals surface area contributed by atoms with Gasteiger partial charge in [0.25, 0.3) is 5.56 Å². The summed E-state index contributed by atoms with van der Waals surface area (Å²) in [5, 5.41) is 0. The lowest BCUT2D eigenvalue weighted by atomic mass is 9.76.